The maximum Gasteiger partial charge on any atom is 0.124 e. The molecule has 0 fully saturated rings. The van der Waals surface area contributed by atoms with Crippen LogP contribution in [-0.2, 0) is 6.54 Å². The molecule has 4 heterocycles. The number of fused-ring (bicyclic) bond motifs is 2. The molecule has 0 atom stereocenters. The van der Waals surface area contributed by atoms with Crippen molar-refractivity contribution in [1.82, 2.24) is 30.5 Å². The number of pyridine rings is 2. The van der Waals surface area contributed by atoms with E-state index < -0.39 is 0 Å². The Kier molecular flexibility index (Phi) is 5.54. The Morgan fingerprint density at radius 2 is 1.75 bits per heavy atom. The average molecular weight is 477 g/mol. The van der Waals surface area contributed by atoms with Crippen LogP contribution in [0.2, 0.25) is 0 Å². The topological polar surface area (TPSA) is 82.3 Å². The summed E-state index contributed by atoms with van der Waals surface area (Å²) < 4.78 is 14.1. The smallest absolute Gasteiger partial charge is 0.124 e. The van der Waals surface area contributed by atoms with E-state index in [1.54, 1.807) is 6.20 Å². The zero-order valence-electron chi connectivity index (χ0n) is 20.1. The summed E-state index contributed by atoms with van der Waals surface area (Å²) in [6.45, 7) is 5.67. The molecule has 0 amide bonds. The Morgan fingerprint density at radius 3 is 2.61 bits per heavy atom. The highest BCUT2D eigenvalue weighted by Crippen LogP contribution is 2.34. The summed E-state index contributed by atoms with van der Waals surface area (Å²) in [5.74, 6) is -0.269. The van der Waals surface area contributed by atoms with Crippen LogP contribution in [0, 0.1) is 12.7 Å². The molecule has 6 aromatic rings. The van der Waals surface area contributed by atoms with Crippen molar-refractivity contribution in [2.45, 2.75) is 20.4 Å². The second-order valence-electron chi connectivity index (χ2n) is 9.02. The van der Waals surface area contributed by atoms with E-state index in [2.05, 4.69) is 55.6 Å². The van der Waals surface area contributed by atoms with Crippen LogP contribution in [0.5, 0.6) is 0 Å². The lowest BCUT2D eigenvalue weighted by Crippen LogP contribution is -2.11. The van der Waals surface area contributed by atoms with Crippen LogP contribution in [0.25, 0.3) is 55.6 Å². The molecule has 0 saturated carbocycles. The number of nitrogens with zero attached hydrogens (tertiary/aromatic N) is 3. The van der Waals surface area contributed by atoms with E-state index in [4.69, 9.17) is 0 Å². The molecule has 0 saturated heterocycles. The molecular weight excluding hydrogens is 451 g/mol. The van der Waals surface area contributed by atoms with Gasteiger partial charge in [-0.1, -0.05) is 13.0 Å². The molecule has 0 bridgehead atoms. The first kappa shape index (κ1) is 22.1. The van der Waals surface area contributed by atoms with Gasteiger partial charge in [0, 0.05) is 52.6 Å². The fourth-order valence-corrected chi connectivity index (χ4v) is 4.69. The summed E-state index contributed by atoms with van der Waals surface area (Å²) in [4.78, 5) is 12.5. The van der Waals surface area contributed by atoms with Crippen molar-refractivity contribution in [2.75, 3.05) is 6.54 Å². The van der Waals surface area contributed by atoms with Gasteiger partial charge in [-0.3, -0.25) is 15.1 Å². The molecule has 178 valence electrons. The lowest BCUT2D eigenvalue weighted by molar-refractivity contribution is 0.627. The molecule has 6 rings (SSSR count). The van der Waals surface area contributed by atoms with Crippen LogP contribution in [0.15, 0.2) is 73.2 Å². The Balaban J connectivity index is 1.44. The number of rotatable bonds is 6. The van der Waals surface area contributed by atoms with Crippen LogP contribution in [-0.4, -0.2) is 31.7 Å². The lowest BCUT2D eigenvalue weighted by Gasteiger charge is -2.06. The average Bonchev–Trinajstić information content (AvgIpc) is 3.50. The van der Waals surface area contributed by atoms with Crippen LogP contribution >= 0.6 is 0 Å². The van der Waals surface area contributed by atoms with Gasteiger partial charge in [0.1, 0.15) is 11.5 Å². The van der Waals surface area contributed by atoms with Crippen molar-refractivity contribution >= 4 is 21.8 Å². The maximum absolute atomic E-state index is 14.1. The van der Waals surface area contributed by atoms with Crippen LogP contribution in [0.4, 0.5) is 4.39 Å². The number of aromatic nitrogens is 5. The van der Waals surface area contributed by atoms with Gasteiger partial charge in [-0.25, -0.2) is 4.39 Å². The van der Waals surface area contributed by atoms with Gasteiger partial charge in [-0.15, -0.1) is 0 Å². The van der Waals surface area contributed by atoms with E-state index in [1.807, 2.05) is 43.6 Å². The van der Waals surface area contributed by atoms with Gasteiger partial charge in [-0.2, -0.15) is 5.10 Å². The summed E-state index contributed by atoms with van der Waals surface area (Å²) in [7, 11) is 0. The van der Waals surface area contributed by atoms with Gasteiger partial charge in [0.2, 0.25) is 0 Å². The quantitative estimate of drug-likeness (QED) is 0.260. The van der Waals surface area contributed by atoms with Crippen LogP contribution in [0.1, 0.15) is 18.1 Å². The van der Waals surface area contributed by atoms with Crippen molar-refractivity contribution in [2.24, 2.45) is 0 Å². The Morgan fingerprint density at radius 1 is 0.861 bits per heavy atom. The zero-order chi connectivity index (χ0) is 24.6. The maximum atomic E-state index is 14.1. The Labute approximate surface area is 207 Å². The monoisotopic (exact) mass is 476 g/mol. The summed E-state index contributed by atoms with van der Waals surface area (Å²) >= 11 is 0. The van der Waals surface area contributed by atoms with E-state index in [-0.39, 0.29) is 5.82 Å². The summed E-state index contributed by atoms with van der Waals surface area (Å²) in [5.41, 5.74) is 9.18. The number of aryl methyl sites for hydroxylation is 1. The number of nitrogens with one attached hydrogen (secondary N) is 3. The highest BCUT2D eigenvalue weighted by atomic mass is 19.1. The summed E-state index contributed by atoms with van der Waals surface area (Å²) in [6.07, 6.45) is 5.52. The number of halogens is 1. The number of hydrogen-bond acceptors (Lipinski definition) is 4. The molecule has 36 heavy (non-hydrogen) atoms. The molecule has 6 nitrogen and oxygen atoms in total. The molecule has 4 aromatic heterocycles. The molecule has 0 aliphatic rings. The van der Waals surface area contributed by atoms with E-state index >= 15 is 0 Å². The van der Waals surface area contributed by atoms with E-state index in [0.29, 0.717) is 0 Å². The van der Waals surface area contributed by atoms with Crippen molar-refractivity contribution in [3.05, 3.63) is 90.1 Å². The minimum atomic E-state index is -0.269. The fraction of sp³-hybridized carbons (Fsp3) is 0.138. The number of benzene rings is 2. The molecule has 3 N–H and O–H groups in total. The van der Waals surface area contributed by atoms with E-state index in [1.165, 1.54) is 12.1 Å². The van der Waals surface area contributed by atoms with Crippen LogP contribution in [0.3, 0.4) is 0 Å². The minimum absolute atomic E-state index is 0.269. The zero-order valence-corrected chi connectivity index (χ0v) is 20.1. The van der Waals surface area contributed by atoms with Crippen molar-refractivity contribution in [3.8, 4) is 33.8 Å². The molecule has 0 aliphatic heterocycles. The minimum Gasteiger partial charge on any atom is -0.353 e. The largest absolute Gasteiger partial charge is 0.353 e. The number of hydrogen-bond donors (Lipinski definition) is 3. The SMILES string of the molecule is CCNCc1cncc(-c2ccc3[nH]nc(-c4cc5c(-c6cc(C)cc(F)c6)nccc5[nH]4)c3c2)c1. The van der Waals surface area contributed by atoms with Gasteiger partial charge >= 0.3 is 0 Å². The Hall–Kier alpha value is -4.36. The van der Waals surface area contributed by atoms with Crippen molar-refractivity contribution < 1.29 is 4.39 Å². The highest BCUT2D eigenvalue weighted by molar-refractivity contribution is 6.00. The first-order chi connectivity index (χ1) is 17.6. The normalized spacial score (nSPS) is 11.5. The number of aromatic amines is 2. The Bertz CT molecular complexity index is 1690. The fourth-order valence-electron chi connectivity index (χ4n) is 4.69. The first-order valence-corrected chi connectivity index (χ1v) is 12.0. The van der Waals surface area contributed by atoms with Gasteiger partial charge < -0.3 is 10.3 Å². The molecule has 0 spiro atoms. The van der Waals surface area contributed by atoms with E-state index in [9.17, 15) is 4.39 Å². The highest BCUT2D eigenvalue weighted by Gasteiger charge is 2.15. The molecule has 2 aromatic carbocycles. The second kappa shape index (κ2) is 9.02. The van der Waals surface area contributed by atoms with Crippen LogP contribution < -0.4 is 5.32 Å². The van der Waals surface area contributed by atoms with Gasteiger partial charge in [-0.05, 0) is 78.7 Å². The van der Waals surface area contributed by atoms with E-state index in [0.717, 1.165) is 79.8 Å². The van der Waals surface area contributed by atoms with Crippen molar-refractivity contribution in [1.29, 1.82) is 0 Å². The molecule has 0 radical (unpaired) electrons. The first-order valence-electron chi connectivity index (χ1n) is 12.0. The summed E-state index contributed by atoms with van der Waals surface area (Å²) in [5, 5.41) is 13.0. The molecular formula is C29H25FN6. The van der Waals surface area contributed by atoms with Gasteiger partial charge in [0.25, 0.3) is 0 Å². The second-order valence-corrected chi connectivity index (χ2v) is 9.02. The predicted molar refractivity (Wildman–Crippen MR) is 142 cm³/mol. The van der Waals surface area contributed by atoms with Gasteiger partial charge in [0.15, 0.2) is 0 Å². The third-order valence-corrected chi connectivity index (χ3v) is 6.39. The standard InChI is InChI=1S/C29H25FN6/c1-3-31-14-18-10-21(16-32-15-18)19-4-5-26-23(12-19)29(36-35-26)27-13-24-25(34-27)6-7-33-28(24)20-8-17(2)9-22(30)11-20/h4-13,15-16,31,34H,3,14H2,1-2H3,(H,35,36). The molecule has 0 aliphatic carbocycles. The third-order valence-electron chi connectivity index (χ3n) is 6.39. The molecule has 0 unspecified atom stereocenters. The third kappa shape index (κ3) is 4.03. The lowest BCUT2D eigenvalue weighted by atomic mass is 10.0. The summed E-state index contributed by atoms with van der Waals surface area (Å²) in [6, 6.07) is 17.4. The van der Waals surface area contributed by atoms with Gasteiger partial charge in [0.05, 0.1) is 16.9 Å². The van der Waals surface area contributed by atoms with Crippen molar-refractivity contribution in [3.63, 3.8) is 0 Å². The molecule has 7 heteroatoms. The number of H-pyrrole nitrogens is 2. The predicted octanol–water partition coefficient (Wildman–Crippen LogP) is 6.39.